The van der Waals surface area contributed by atoms with Crippen LogP contribution in [0.15, 0.2) is 54.9 Å². The minimum Gasteiger partial charge on any atom is -0.507 e. The van der Waals surface area contributed by atoms with E-state index < -0.39 is 5.97 Å². The molecule has 0 spiro atoms. The summed E-state index contributed by atoms with van der Waals surface area (Å²) in [5.74, 6) is -0.140. The minimum absolute atomic E-state index is 0.137. The first kappa shape index (κ1) is 17.2. The third kappa shape index (κ3) is 3.72. The number of anilines is 1. The number of carbonyl (C=O) groups is 1. The highest BCUT2D eigenvalue weighted by Crippen LogP contribution is 2.28. The first-order chi connectivity index (χ1) is 12.6. The van der Waals surface area contributed by atoms with Crippen LogP contribution >= 0.6 is 0 Å². The number of hydrogen-bond donors (Lipinski definition) is 3. The second-order valence-corrected chi connectivity index (χ2v) is 5.50. The highest BCUT2D eigenvalue weighted by atomic mass is 16.5. The van der Waals surface area contributed by atoms with Gasteiger partial charge >= 0.3 is 5.97 Å². The van der Waals surface area contributed by atoms with Crippen LogP contribution in [0, 0.1) is 0 Å². The number of nitrogens with zero attached hydrogens (tertiary/aromatic N) is 2. The molecule has 26 heavy (non-hydrogen) atoms. The van der Waals surface area contributed by atoms with E-state index in [9.17, 15) is 9.90 Å². The van der Waals surface area contributed by atoms with Gasteiger partial charge in [0.05, 0.1) is 12.8 Å². The summed E-state index contributed by atoms with van der Waals surface area (Å²) in [5, 5.41) is 21.8. The van der Waals surface area contributed by atoms with Crippen LogP contribution in [0.1, 0.15) is 15.9 Å². The van der Waals surface area contributed by atoms with Crippen LogP contribution < -0.4 is 10.1 Å². The van der Waals surface area contributed by atoms with Gasteiger partial charge in [-0.2, -0.15) is 0 Å². The fourth-order valence-corrected chi connectivity index (χ4v) is 2.51. The lowest BCUT2D eigenvalue weighted by atomic mass is 10.1. The van der Waals surface area contributed by atoms with E-state index in [1.807, 2.05) is 24.3 Å². The van der Waals surface area contributed by atoms with E-state index in [1.165, 1.54) is 18.5 Å². The van der Waals surface area contributed by atoms with Crippen molar-refractivity contribution in [1.29, 1.82) is 0 Å². The summed E-state index contributed by atoms with van der Waals surface area (Å²) in [5.41, 5.74) is 2.12. The Bertz CT molecular complexity index is 944. The van der Waals surface area contributed by atoms with Crippen LogP contribution in [0.5, 0.6) is 11.5 Å². The van der Waals surface area contributed by atoms with Crippen molar-refractivity contribution in [1.82, 2.24) is 9.97 Å². The average molecular weight is 351 g/mol. The van der Waals surface area contributed by atoms with Gasteiger partial charge in [-0.1, -0.05) is 18.2 Å². The monoisotopic (exact) mass is 351 g/mol. The summed E-state index contributed by atoms with van der Waals surface area (Å²) in [6.07, 6.45) is 1.45. The van der Waals surface area contributed by atoms with Gasteiger partial charge in [0.1, 0.15) is 29.2 Å². The molecule has 0 aliphatic rings. The standard InChI is InChI=1S/C19H17N3O4/c1-26-17-5-3-2-4-13(17)15-9-18(22-11-21-15)20-10-12-6-7-16(23)14(8-12)19(24)25/h2-9,11,23H,10H2,1H3,(H,24,25)(H,20,21,22). The Labute approximate surface area is 149 Å². The highest BCUT2D eigenvalue weighted by Gasteiger charge is 2.11. The summed E-state index contributed by atoms with van der Waals surface area (Å²) in [7, 11) is 1.60. The van der Waals surface area contributed by atoms with Crippen molar-refractivity contribution in [3.05, 3.63) is 66.0 Å². The molecule has 0 aliphatic carbocycles. The molecule has 0 amide bonds. The van der Waals surface area contributed by atoms with E-state index in [2.05, 4.69) is 15.3 Å². The van der Waals surface area contributed by atoms with Gasteiger partial charge in [-0.15, -0.1) is 0 Å². The number of rotatable bonds is 6. The average Bonchev–Trinajstić information content (AvgIpc) is 2.67. The number of methoxy groups -OCH3 is 1. The van der Waals surface area contributed by atoms with E-state index in [-0.39, 0.29) is 11.3 Å². The van der Waals surface area contributed by atoms with Gasteiger partial charge in [-0.05, 0) is 29.8 Å². The first-order valence-electron chi connectivity index (χ1n) is 7.83. The van der Waals surface area contributed by atoms with Gasteiger partial charge in [0.15, 0.2) is 0 Å². The zero-order valence-electron chi connectivity index (χ0n) is 14.0. The number of carboxylic acid groups (broad SMARTS) is 1. The number of aromatic carboxylic acids is 1. The van der Waals surface area contributed by atoms with Crippen molar-refractivity contribution in [3.8, 4) is 22.8 Å². The van der Waals surface area contributed by atoms with Gasteiger partial charge in [0, 0.05) is 18.2 Å². The lowest BCUT2D eigenvalue weighted by Gasteiger charge is -2.10. The first-order valence-corrected chi connectivity index (χ1v) is 7.83. The topological polar surface area (TPSA) is 105 Å². The molecule has 1 aromatic heterocycles. The quantitative estimate of drug-likeness (QED) is 0.626. The number of benzene rings is 2. The number of ether oxygens (including phenoxy) is 1. The van der Waals surface area contributed by atoms with E-state index in [4.69, 9.17) is 9.84 Å². The molecule has 7 nitrogen and oxygen atoms in total. The lowest BCUT2D eigenvalue weighted by Crippen LogP contribution is -2.04. The summed E-state index contributed by atoms with van der Waals surface area (Å²) in [6.45, 7) is 0.350. The Morgan fingerprint density at radius 3 is 2.73 bits per heavy atom. The summed E-state index contributed by atoms with van der Waals surface area (Å²) in [6, 6.07) is 13.8. The fourth-order valence-electron chi connectivity index (χ4n) is 2.51. The largest absolute Gasteiger partial charge is 0.507 e. The third-order valence-electron chi connectivity index (χ3n) is 3.82. The molecule has 0 radical (unpaired) electrons. The molecular formula is C19H17N3O4. The van der Waals surface area contributed by atoms with Gasteiger partial charge in [0.2, 0.25) is 0 Å². The fraction of sp³-hybridized carbons (Fsp3) is 0.105. The molecule has 7 heteroatoms. The van der Waals surface area contributed by atoms with Crippen LogP contribution in [-0.4, -0.2) is 33.3 Å². The maximum absolute atomic E-state index is 11.1. The van der Waals surface area contributed by atoms with E-state index in [0.717, 1.165) is 5.56 Å². The van der Waals surface area contributed by atoms with Crippen molar-refractivity contribution in [2.45, 2.75) is 6.54 Å². The molecule has 3 aromatic rings. The molecule has 0 bridgehead atoms. The Morgan fingerprint density at radius 2 is 1.96 bits per heavy atom. The second kappa shape index (κ2) is 7.52. The third-order valence-corrected chi connectivity index (χ3v) is 3.82. The van der Waals surface area contributed by atoms with Gasteiger partial charge in [-0.3, -0.25) is 0 Å². The van der Waals surface area contributed by atoms with Crippen molar-refractivity contribution < 1.29 is 19.7 Å². The Hall–Kier alpha value is -3.61. The number of para-hydroxylation sites is 1. The molecule has 0 saturated carbocycles. The predicted molar refractivity (Wildman–Crippen MR) is 96.4 cm³/mol. The van der Waals surface area contributed by atoms with Crippen LogP contribution in [0.25, 0.3) is 11.3 Å². The van der Waals surface area contributed by atoms with Crippen molar-refractivity contribution in [2.24, 2.45) is 0 Å². The Kier molecular flexibility index (Phi) is 4.98. The van der Waals surface area contributed by atoms with E-state index in [0.29, 0.717) is 29.4 Å². The molecule has 3 N–H and O–H groups in total. The normalized spacial score (nSPS) is 10.3. The zero-order chi connectivity index (χ0) is 18.5. The molecule has 0 saturated heterocycles. The molecule has 3 rings (SSSR count). The Balaban J connectivity index is 1.80. The number of hydrogen-bond acceptors (Lipinski definition) is 6. The zero-order valence-corrected chi connectivity index (χ0v) is 14.0. The van der Waals surface area contributed by atoms with E-state index in [1.54, 1.807) is 19.2 Å². The smallest absolute Gasteiger partial charge is 0.339 e. The van der Waals surface area contributed by atoms with Crippen LogP contribution in [-0.2, 0) is 6.54 Å². The molecule has 0 fully saturated rings. The molecule has 0 unspecified atom stereocenters. The number of aromatic nitrogens is 2. The SMILES string of the molecule is COc1ccccc1-c1cc(NCc2ccc(O)c(C(=O)O)c2)ncn1. The summed E-state index contributed by atoms with van der Waals surface area (Å²) < 4.78 is 5.36. The van der Waals surface area contributed by atoms with Crippen molar-refractivity contribution in [3.63, 3.8) is 0 Å². The number of phenols is 1. The van der Waals surface area contributed by atoms with Gasteiger partial charge in [-0.25, -0.2) is 14.8 Å². The van der Waals surface area contributed by atoms with Gasteiger partial charge < -0.3 is 20.3 Å². The number of nitrogens with one attached hydrogen (secondary N) is 1. The summed E-state index contributed by atoms with van der Waals surface area (Å²) >= 11 is 0. The molecule has 132 valence electrons. The molecule has 2 aromatic carbocycles. The molecular weight excluding hydrogens is 334 g/mol. The van der Waals surface area contributed by atoms with Crippen LogP contribution in [0.4, 0.5) is 5.82 Å². The van der Waals surface area contributed by atoms with Crippen LogP contribution in [0.2, 0.25) is 0 Å². The number of aromatic hydroxyl groups is 1. The van der Waals surface area contributed by atoms with E-state index >= 15 is 0 Å². The maximum atomic E-state index is 11.1. The molecule has 0 atom stereocenters. The Morgan fingerprint density at radius 1 is 1.15 bits per heavy atom. The van der Waals surface area contributed by atoms with Crippen molar-refractivity contribution in [2.75, 3.05) is 12.4 Å². The maximum Gasteiger partial charge on any atom is 0.339 e. The lowest BCUT2D eigenvalue weighted by molar-refractivity contribution is 0.0693. The molecule has 0 aliphatic heterocycles. The minimum atomic E-state index is -1.18. The molecule has 1 heterocycles. The van der Waals surface area contributed by atoms with Crippen LogP contribution in [0.3, 0.4) is 0 Å². The summed E-state index contributed by atoms with van der Waals surface area (Å²) in [4.78, 5) is 19.6. The number of carboxylic acids is 1. The predicted octanol–water partition coefficient (Wildman–Crippen LogP) is 3.17. The van der Waals surface area contributed by atoms with Crippen molar-refractivity contribution >= 4 is 11.8 Å². The second-order valence-electron chi connectivity index (χ2n) is 5.50. The van der Waals surface area contributed by atoms with Gasteiger partial charge in [0.25, 0.3) is 0 Å². The highest BCUT2D eigenvalue weighted by molar-refractivity contribution is 5.90.